The maximum atomic E-state index is 12.5. The van der Waals surface area contributed by atoms with Crippen molar-refractivity contribution in [3.63, 3.8) is 0 Å². The molecule has 5 aromatic rings. The van der Waals surface area contributed by atoms with Crippen molar-refractivity contribution in [3.8, 4) is 16.9 Å². The van der Waals surface area contributed by atoms with Crippen LogP contribution in [0, 0.1) is 12.8 Å². The summed E-state index contributed by atoms with van der Waals surface area (Å²) in [4.78, 5) is 48.3. The molecule has 0 saturated heterocycles. The summed E-state index contributed by atoms with van der Waals surface area (Å²) in [6.45, 7) is 2.84. The van der Waals surface area contributed by atoms with Crippen LogP contribution in [0.4, 0.5) is 5.69 Å². The van der Waals surface area contributed by atoms with Crippen LogP contribution in [0.25, 0.3) is 28.0 Å². The lowest BCUT2D eigenvalue weighted by Crippen LogP contribution is -2.28. The number of carbonyl (C=O) groups is 1. The lowest BCUT2D eigenvalue weighted by atomic mass is 9.85. The number of aromatic amines is 1. The minimum absolute atomic E-state index is 0.0493. The number of aliphatic imine (C=N–C) groups is 2. The van der Waals surface area contributed by atoms with E-state index >= 15 is 0 Å². The average molecular weight is 531 g/mol. The Morgan fingerprint density at radius 1 is 1.10 bits per heavy atom. The van der Waals surface area contributed by atoms with Crippen molar-refractivity contribution >= 4 is 34.6 Å². The number of hydrogen-bond acceptors (Lipinski definition) is 8. The summed E-state index contributed by atoms with van der Waals surface area (Å²) in [6.07, 6.45) is 15.4. The van der Waals surface area contributed by atoms with E-state index in [4.69, 9.17) is 15.0 Å². The molecule has 5 aromatic heterocycles. The first kappa shape index (κ1) is 24.0. The molecule has 1 amide bonds. The van der Waals surface area contributed by atoms with Gasteiger partial charge in [-0.05, 0) is 31.9 Å². The van der Waals surface area contributed by atoms with Crippen LogP contribution in [0.5, 0.6) is 0 Å². The predicted molar refractivity (Wildman–Crippen MR) is 152 cm³/mol. The molecule has 0 radical (unpaired) electrons. The Labute approximate surface area is 229 Å². The monoisotopic (exact) mass is 530 g/mol. The smallest absolute Gasteiger partial charge is 0.227 e. The molecule has 1 fully saturated rings. The third kappa shape index (κ3) is 4.45. The van der Waals surface area contributed by atoms with Crippen LogP contribution in [0.1, 0.15) is 42.0 Å². The third-order valence-electron chi connectivity index (χ3n) is 7.29. The van der Waals surface area contributed by atoms with E-state index in [0.717, 1.165) is 58.5 Å². The number of amides is 1. The van der Waals surface area contributed by atoms with Crippen molar-refractivity contribution in [1.82, 2.24) is 34.5 Å². The second kappa shape index (κ2) is 9.92. The number of aryl methyl sites for hydroxylation is 1. The fourth-order valence-corrected chi connectivity index (χ4v) is 4.93. The summed E-state index contributed by atoms with van der Waals surface area (Å²) in [6, 6.07) is 5.87. The van der Waals surface area contributed by atoms with E-state index in [2.05, 4.69) is 30.2 Å². The lowest BCUT2D eigenvalue weighted by Gasteiger charge is -2.24. The molecule has 198 valence electrons. The molecule has 1 aliphatic carbocycles. The van der Waals surface area contributed by atoms with Crippen molar-refractivity contribution in [2.24, 2.45) is 15.9 Å². The average Bonchev–Trinajstić information content (AvgIpc) is 3.54. The summed E-state index contributed by atoms with van der Waals surface area (Å²) < 4.78 is 1.91. The normalized spacial score (nSPS) is 15.2. The van der Waals surface area contributed by atoms with Gasteiger partial charge in [0.15, 0.2) is 5.82 Å². The molecule has 7 rings (SSSR count). The molecular weight excluding hydrogens is 504 g/mol. The van der Waals surface area contributed by atoms with Crippen LogP contribution in [-0.2, 0) is 11.3 Å². The van der Waals surface area contributed by atoms with Crippen molar-refractivity contribution in [3.05, 3.63) is 78.3 Å². The molecule has 1 aliphatic heterocycles. The minimum Gasteiger partial charge on any atom is -0.335 e. The van der Waals surface area contributed by atoms with E-state index in [1.165, 1.54) is 0 Å². The zero-order valence-electron chi connectivity index (χ0n) is 21.9. The van der Waals surface area contributed by atoms with Gasteiger partial charge in [0.25, 0.3) is 0 Å². The molecule has 0 aromatic carbocycles. The fraction of sp³-hybridized carbons (Fsp3) is 0.241. The second-order valence-electron chi connectivity index (χ2n) is 10.1. The molecule has 40 heavy (non-hydrogen) atoms. The van der Waals surface area contributed by atoms with Crippen molar-refractivity contribution < 1.29 is 4.79 Å². The van der Waals surface area contributed by atoms with Gasteiger partial charge in [-0.1, -0.05) is 12.5 Å². The summed E-state index contributed by atoms with van der Waals surface area (Å²) in [5, 5.41) is 3.00. The number of fused-ring (bicyclic) bond motifs is 2. The fourth-order valence-electron chi connectivity index (χ4n) is 4.93. The number of aromatic nitrogens is 7. The SMILES string of the molecule is Cc1cn(-c2cncc3[nH]c(C4=NCC=NCc5ccc(-c6cncc(NC(=O)C7CCC7)c6)nc54)nc23)cn1. The van der Waals surface area contributed by atoms with E-state index < -0.39 is 0 Å². The van der Waals surface area contributed by atoms with Gasteiger partial charge in [0.1, 0.15) is 11.2 Å². The van der Waals surface area contributed by atoms with Gasteiger partial charge in [0, 0.05) is 35.7 Å². The second-order valence-corrected chi connectivity index (χ2v) is 10.1. The van der Waals surface area contributed by atoms with Gasteiger partial charge in [0.05, 0.1) is 72.0 Å². The maximum absolute atomic E-state index is 12.5. The Bertz CT molecular complexity index is 1810. The number of rotatable bonds is 5. The Kier molecular flexibility index (Phi) is 5.95. The topological polar surface area (TPSA) is 139 Å². The number of anilines is 1. The Hall–Kier alpha value is -5.06. The highest BCUT2D eigenvalue weighted by molar-refractivity contribution is 6.12. The predicted octanol–water partition coefficient (Wildman–Crippen LogP) is 4.07. The summed E-state index contributed by atoms with van der Waals surface area (Å²) in [7, 11) is 0. The minimum atomic E-state index is 0.0493. The number of imidazole rings is 2. The van der Waals surface area contributed by atoms with Crippen LogP contribution >= 0.6 is 0 Å². The van der Waals surface area contributed by atoms with Crippen molar-refractivity contribution in [2.45, 2.75) is 32.7 Å². The van der Waals surface area contributed by atoms with Crippen LogP contribution in [0.3, 0.4) is 0 Å². The molecule has 2 N–H and O–H groups in total. The largest absolute Gasteiger partial charge is 0.335 e. The third-order valence-corrected chi connectivity index (χ3v) is 7.29. The first-order valence-electron chi connectivity index (χ1n) is 13.3. The van der Waals surface area contributed by atoms with Gasteiger partial charge >= 0.3 is 0 Å². The zero-order chi connectivity index (χ0) is 27.1. The highest BCUT2D eigenvalue weighted by Crippen LogP contribution is 2.29. The molecule has 2 aliphatic rings. The van der Waals surface area contributed by atoms with Crippen LogP contribution in [0.15, 0.2) is 65.5 Å². The quantitative estimate of drug-likeness (QED) is 0.351. The molecule has 0 bridgehead atoms. The van der Waals surface area contributed by atoms with E-state index in [1.807, 2.05) is 35.9 Å². The molecular formula is C29H26N10O. The summed E-state index contributed by atoms with van der Waals surface area (Å²) in [5.41, 5.74) is 7.73. The standard InChI is InChI=1S/C29H26N10O/c1-17-15-39(16-34-17)24-14-32-13-23-26(24)38-28(37-23)27-25-19(10-30-7-8-33-27)5-6-22(36-25)20-9-21(12-31-11-20)35-29(40)18-3-2-4-18/h5-7,9,11-16,18H,2-4,8,10H2,1H3,(H,35,40)(H,37,38). The van der Waals surface area contributed by atoms with E-state index in [-0.39, 0.29) is 11.8 Å². The number of carbonyl (C=O) groups excluding carboxylic acids is 1. The number of H-pyrrole nitrogens is 1. The lowest BCUT2D eigenvalue weighted by molar-refractivity contribution is -0.122. The molecule has 11 nitrogen and oxygen atoms in total. The molecule has 0 unspecified atom stereocenters. The summed E-state index contributed by atoms with van der Waals surface area (Å²) in [5.74, 6) is 0.741. The highest BCUT2D eigenvalue weighted by Gasteiger charge is 2.25. The van der Waals surface area contributed by atoms with Gasteiger partial charge in [-0.3, -0.25) is 24.7 Å². The highest BCUT2D eigenvalue weighted by atomic mass is 16.1. The van der Waals surface area contributed by atoms with Crippen molar-refractivity contribution in [1.29, 1.82) is 0 Å². The number of nitrogens with one attached hydrogen (secondary N) is 2. The molecule has 1 saturated carbocycles. The Balaban J connectivity index is 1.28. The number of hydrogen-bond donors (Lipinski definition) is 2. The molecule has 6 heterocycles. The molecule has 0 atom stereocenters. The first-order valence-corrected chi connectivity index (χ1v) is 13.3. The van der Waals surface area contributed by atoms with Crippen LogP contribution in [0.2, 0.25) is 0 Å². The van der Waals surface area contributed by atoms with Gasteiger partial charge < -0.3 is 14.9 Å². The number of nitrogens with zero attached hydrogens (tertiary/aromatic N) is 8. The van der Waals surface area contributed by atoms with Gasteiger partial charge in [0.2, 0.25) is 5.91 Å². The molecule has 0 spiro atoms. The Morgan fingerprint density at radius 3 is 2.83 bits per heavy atom. The van der Waals surface area contributed by atoms with Crippen LogP contribution in [-0.4, -0.2) is 58.8 Å². The molecule has 11 heteroatoms. The van der Waals surface area contributed by atoms with Crippen molar-refractivity contribution in [2.75, 3.05) is 11.9 Å². The number of pyridine rings is 3. The summed E-state index contributed by atoms with van der Waals surface area (Å²) >= 11 is 0. The first-order chi connectivity index (χ1) is 19.6. The van der Waals surface area contributed by atoms with Gasteiger partial charge in [-0.2, -0.15) is 0 Å². The van der Waals surface area contributed by atoms with Gasteiger partial charge in [-0.15, -0.1) is 0 Å². The van der Waals surface area contributed by atoms with E-state index in [9.17, 15) is 4.79 Å². The van der Waals surface area contributed by atoms with E-state index in [1.54, 1.807) is 37.3 Å². The van der Waals surface area contributed by atoms with Crippen LogP contribution < -0.4 is 5.32 Å². The zero-order valence-corrected chi connectivity index (χ0v) is 21.9. The maximum Gasteiger partial charge on any atom is 0.227 e. The van der Waals surface area contributed by atoms with E-state index in [0.29, 0.717) is 36.0 Å². The Morgan fingerprint density at radius 2 is 2.00 bits per heavy atom. The van der Waals surface area contributed by atoms with Gasteiger partial charge in [-0.25, -0.2) is 15.0 Å².